The van der Waals surface area contributed by atoms with Gasteiger partial charge >= 0.3 is 0 Å². The molecule has 0 radical (unpaired) electrons. The second kappa shape index (κ2) is 4.78. The molecular weight excluding hydrogens is 332 g/mol. The van der Waals surface area contributed by atoms with Gasteiger partial charge in [0.15, 0.2) is 17.5 Å². The van der Waals surface area contributed by atoms with Gasteiger partial charge in [0, 0.05) is 36.3 Å². The van der Waals surface area contributed by atoms with E-state index in [1.54, 1.807) is 6.20 Å². The second-order valence-corrected chi connectivity index (χ2v) is 6.65. The maximum atomic E-state index is 4.78. The molecule has 1 atom stereocenters. The van der Waals surface area contributed by atoms with Crippen LogP contribution in [0.4, 0.5) is 11.5 Å². The SMILES string of the molecule is CNC1CN(C2=Nc3ncc(Br)cc3N3C[C@H](C)N=C23)C1. The molecule has 3 aliphatic rings. The minimum absolute atomic E-state index is 0.288. The molecular formula is C14H17BrN6. The summed E-state index contributed by atoms with van der Waals surface area (Å²) in [6.45, 7) is 4.98. The summed E-state index contributed by atoms with van der Waals surface area (Å²) in [6, 6.07) is 2.90. The molecule has 4 rings (SSSR count). The van der Waals surface area contributed by atoms with E-state index in [1.807, 2.05) is 7.05 Å². The van der Waals surface area contributed by atoms with E-state index in [-0.39, 0.29) is 6.04 Å². The van der Waals surface area contributed by atoms with Gasteiger partial charge in [-0.2, -0.15) is 0 Å². The number of amidine groups is 2. The van der Waals surface area contributed by atoms with Gasteiger partial charge in [0.25, 0.3) is 0 Å². The summed E-state index contributed by atoms with van der Waals surface area (Å²) in [5, 5.41) is 3.29. The topological polar surface area (TPSA) is 56.1 Å². The van der Waals surface area contributed by atoms with Crippen molar-refractivity contribution in [1.82, 2.24) is 15.2 Å². The number of rotatable bonds is 1. The van der Waals surface area contributed by atoms with Crippen molar-refractivity contribution in [3.05, 3.63) is 16.7 Å². The Morgan fingerprint density at radius 1 is 1.29 bits per heavy atom. The molecule has 4 heterocycles. The molecule has 1 fully saturated rings. The average Bonchev–Trinajstić information content (AvgIpc) is 2.80. The van der Waals surface area contributed by atoms with E-state index in [1.165, 1.54) is 0 Å². The minimum atomic E-state index is 0.288. The molecule has 0 unspecified atom stereocenters. The molecule has 3 aliphatic heterocycles. The molecule has 0 bridgehead atoms. The van der Waals surface area contributed by atoms with Crippen LogP contribution < -0.4 is 10.2 Å². The first-order chi connectivity index (χ1) is 10.2. The van der Waals surface area contributed by atoms with Crippen molar-refractivity contribution in [3.63, 3.8) is 0 Å². The molecule has 0 aromatic carbocycles. The van der Waals surface area contributed by atoms with Crippen LogP contribution in [0.3, 0.4) is 0 Å². The monoisotopic (exact) mass is 348 g/mol. The number of fused-ring (bicyclic) bond motifs is 3. The number of nitrogens with one attached hydrogen (secondary N) is 1. The lowest BCUT2D eigenvalue weighted by Gasteiger charge is -2.43. The number of nitrogens with zero attached hydrogens (tertiary/aromatic N) is 5. The first-order valence-corrected chi connectivity index (χ1v) is 7.97. The van der Waals surface area contributed by atoms with Crippen LogP contribution >= 0.6 is 15.9 Å². The predicted molar refractivity (Wildman–Crippen MR) is 87.7 cm³/mol. The van der Waals surface area contributed by atoms with E-state index in [0.29, 0.717) is 6.04 Å². The third-order valence-corrected chi connectivity index (χ3v) is 4.58. The molecule has 1 aromatic heterocycles. The fourth-order valence-corrected chi connectivity index (χ4v) is 3.28. The van der Waals surface area contributed by atoms with Crippen molar-refractivity contribution < 1.29 is 0 Å². The summed E-state index contributed by atoms with van der Waals surface area (Å²) in [5.41, 5.74) is 1.04. The Hall–Kier alpha value is -1.47. The van der Waals surface area contributed by atoms with Gasteiger partial charge < -0.3 is 15.1 Å². The Morgan fingerprint density at radius 3 is 2.86 bits per heavy atom. The Bertz CT molecular complexity index is 649. The Balaban J connectivity index is 1.75. The van der Waals surface area contributed by atoms with Gasteiger partial charge in [0.1, 0.15) is 0 Å². The largest absolute Gasteiger partial charge is 0.350 e. The molecule has 6 nitrogen and oxygen atoms in total. The summed E-state index contributed by atoms with van der Waals surface area (Å²) in [7, 11) is 2.00. The molecule has 1 saturated heterocycles. The highest BCUT2D eigenvalue weighted by molar-refractivity contribution is 9.10. The average molecular weight is 349 g/mol. The summed E-state index contributed by atoms with van der Waals surface area (Å²) in [5.74, 6) is 2.74. The van der Waals surface area contributed by atoms with Crippen molar-refractivity contribution in [2.75, 3.05) is 31.6 Å². The van der Waals surface area contributed by atoms with Crippen molar-refractivity contribution in [2.45, 2.75) is 19.0 Å². The summed E-state index contributed by atoms with van der Waals surface area (Å²) in [4.78, 5) is 18.5. The van der Waals surface area contributed by atoms with Crippen LogP contribution in [0.2, 0.25) is 0 Å². The van der Waals surface area contributed by atoms with Crippen molar-refractivity contribution in [2.24, 2.45) is 9.98 Å². The van der Waals surface area contributed by atoms with Crippen molar-refractivity contribution in [1.29, 1.82) is 0 Å². The Labute approximate surface area is 132 Å². The van der Waals surface area contributed by atoms with Crippen LogP contribution in [0.5, 0.6) is 0 Å². The highest BCUT2D eigenvalue weighted by Gasteiger charge is 2.39. The maximum Gasteiger partial charge on any atom is 0.178 e. The molecule has 7 heteroatoms. The van der Waals surface area contributed by atoms with E-state index in [2.05, 4.69) is 49.0 Å². The summed E-state index contributed by atoms with van der Waals surface area (Å²) >= 11 is 3.49. The molecule has 0 amide bonds. The van der Waals surface area contributed by atoms with Crippen molar-refractivity contribution in [3.8, 4) is 0 Å². The number of anilines is 1. The summed E-state index contributed by atoms with van der Waals surface area (Å²) in [6.07, 6.45) is 1.80. The van der Waals surface area contributed by atoms with Gasteiger partial charge in [0.2, 0.25) is 0 Å². The van der Waals surface area contributed by atoms with Crippen LogP contribution in [-0.2, 0) is 0 Å². The lowest BCUT2D eigenvalue weighted by atomic mass is 10.1. The van der Waals surface area contributed by atoms with E-state index < -0.39 is 0 Å². The third-order valence-electron chi connectivity index (χ3n) is 4.15. The van der Waals surface area contributed by atoms with Crippen LogP contribution in [0.1, 0.15) is 6.92 Å². The molecule has 0 aliphatic carbocycles. The summed E-state index contributed by atoms with van der Waals surface area (Å²) < 4.78 is 0.970. The Morgan fingerprint density at radius 2 is 2.10 bits per heavy atom. The van der Waals surface area contributed by atoms with Gasteiger partial charge in [-0.3, -0.25) is 4.99 Å². The van der Waals surface area contributed by atoms with Gasteiger partial charge in [-0.05, 0) is 36.0 Å². The van der Waals surface area contributed by atoms with E-state index in [9.17, 15) is 0 Å². The molecule has 21 heavy (non-hydrogen) atoms. The highest BCUT2D eigenvalue weighted by atomic mass is 79.9. The normalized spacial score (nSPS) is 24.2. The zero-order chi connectivity index (χ0) is 14.6. The first kappa shape index (κ1) is 13.2. The lowest BCUT2D eigenvalue weighted by molar-refractivity contribution is 0.228. The number of aromatic nitrogens is 1. The molecule has 1 aromatic rings. The number of halogens is 1. The molecule has 110 valence electrons. The third kappa shape index (κ3) is 2.06. The van der Waals surface area contributed by atoms with Crippen LogP contribution in [0.15, 0.2) is 26.7 Å². The fourth-order valence-electron chi connectivity index (χ4n) is 2.96. The number of hydrogen-bond acceptors (Lipinski definition) is 6. The zero-order valence-corrected chi connectivity index (χ0v) is 13.6. The number of pyridine rings is 1. The lowest BCUT2D eigenvalue weighted by Crippen LogP contribution is -2.62. The first-order valence-electron chi connectivity index (χ1n) is 7.18. The standard InChI is InChI=1S/C14H17BrN6/c1-8-5-21-11-3-9(15)4-17-12(11)19-13(14(21)18-8)20-6-10(7-20)16-2/h3-4,8,10,16H,5-7H2,1-2H3/t8-/m0/s1. The molecule has 0 saturated carbocycles. The minimum Gasteiger partial charge on any atom is -0.350 e. The van der Waals surface area contributed by atoms with Gasteiger partial charge in [0.05, 0.1) is 11.7 Å². The Kier molecular flexibility index (Phi) is 3.00. The zero-order valence-electron chi connectivity index (χ0n) is 12.0. The number of hydrogen-bond donors (Lipinski definition) is 1. The smallest absolute Gasteiger partial charge is 0.178 e. The van der Waals surface area contributed by atoms with E-state index >= 15 is 0 Å². The molecule has 1 N–H and O–H groups in total. The van der Waals surface area contributed by atoms with Crippen LogP contribution in [0.25, 0.3) is 0 Å². The van der Waals surface area contributed by atoms with Crippen LogP contribution in [0, 0.1) is 0 Å². The van der Waals surface area contributed by atoms with Crippen LogP contribution in [-0.4, -0.2) is 60.3 Å². The second-order valence-electron chi connectivity index (χ2n) is 5.73. The van der Waals surface area contributed by atoms with Crippen molar-refractivity contribution >= 4 is 39.1 Å². The fraction of sp³-hybridized carbons (Fsp3) is 0.500. The van der Waals surface area contributed by atoms with Gasteiger partial charge in [-0.15, -0.1) is 0 Å². The highest BCUT2D eigenvalue weighted by Crippen LogP contribution is 2.36. The molecule has 0 spiro atoms. The van der Waals surface area contributed by atoms with Gasteiger partial charge in [-0.1, -0.05) is 0 Å². The van der Waals surface area contributed by atoms with E-state index in [0.717, 1.165) is 47.3 Å². The number of likely N-dealkylation sites (tertiary alicyclic amines) is 1. The number of aliphatic imine (C=N–C) groups is 2. The predicted octanol–water partition coefficient (Wildman–Crippen LogP) is 1.40. The quantitative estimate of drug-likeness (QED) is 0.833. The number of likely N-dealkylation sites (N-methyl/N-ethyl adjacent to an activating group) is 1. The van der Waals surface area contributed by atoms with Gasteiger partial charge in [-0.25, -0.2) is 9.98 Å². The maximum absolute atomic E-state index is 4.78. The van der Waals surface area contributed by atoms with E-state index in [4.69, 9.17) is 9.98 Å².